The van der Waals surface area contributed by atoms with Gasteiger partial charge in [-0.25, -0.2) is 8.78 Å². The number of nitrogens with one attached hydrogen (secondary N) is 2. The molecule has 3 aromatic rings. The van der Waals surface area contributed by atoms with Gasteiger partial charge in [0.1, 0.15) is 5.69 Å². The zero-order valence-electron chi connectivity index (χ0n) is 16.6. The van der Waals surface area contributed by atoms with Crippen LogP contribution in [0.3, 0.4) is 0 Å². The van der Waals surface area contributed by atoms with Crippen LogP contribution in [0.25, 0.3) is 10.9 Å². The maximum absolute atomic E-state index is 13.4. The molecule has 1 fully saturated rings. The Morgan fingerprint density at radius 3 is 2.52 bits per heavy atom. The summed E-state index contributed by atoms with van der Waals surface area (Å²) in [6, 6.07) is 12.0. The normalized spacial score (nSPS) is 15.9. The second-order valence-corrected chi connectivity index (χ2v) is 8.02. The lowest BCUT2D eigenvalue weighted by Gasteiger charge is -2.34. The topological polar surface area (TPSA) is 48.1 Å². The first-order chi connectivity index (χ1) is 13.9. The van der Waals surface area contributed by atoms with Crippen LogP contribution in [-0.2, 0) is 0 Å². The molecule has 4 rings (SSSR count). The number of nitrogens with zero attached hydrogens (tertiary/aromatic N) is 1. The molecule has 6 heteroatoms. The molecule has 0 radical (unpaired) electrons. The number of halogens is 2. The summed E-state index contributed by atoms with van der Waals surface area (Å²) in [5.74, 6) is -1.80. The summed E-state index contributed by atoms with van der Waals surface area (Å²) in [5, 5.41) is 3.57. The van der Waals surface area contributed by atoms with Crippen molar-refractivity contribution in [3.63, 3.8) is 0 Å². The van der Waals surface area contributed by atoms with Crippen LogP contribution < -0.4 is 5.32 Å². The Balaban J connectivity index is 1.49. The van der Waals surface area contributed by atoms with Gasteiger partial charge in [-0.1, -0.05) is 6.07 Å². The number of piperidine rings is 1. The maximum atomic E-state index is 13.4. The van der Waals surface area contributed by atoms with Crippen LogP contribution in [0.5, 0.6) is 0 Å². The highest BCUT2D eigenvalue weighted by Gasteiger charge is 2.22. The van der Waals surface area contributed by atoms with Gasteiger partial charge in [-0.15, -0.1) is 0 Å². The molecule has 0 aliphatic carbocycles. The fourth-order valence-corrected chi connectivity index (χ4v) is 4.05. The SMILES string of the molecule is CC(C)N1CCC(c2ccc3[nH]c(C(=O)Nc4ccc(F)c(F)c4)cc3c2)CC1. The minimum absolute atomic E-state index is 0.213. The number of rotatable bonds is 4. The Labute approximate surface area is 168 Å². The van der Waals surface area contributed by atoms with Crippen molar-refractivity contribution in [1.29, 1.82) is 0 Å². The number of fused-ring (bicyclic) bond motifs is 1. The van der Waals surface area contributed by atoms with E-state index < -0.39 is 11.6 Å². The molecule has 1 aliphatic rings. The lowest BCUT2D eigenvalue weighted by atomic mass is 9.88. The number of amides is 1. The van der Waals surface area contributed by atoms with Gasteiger partial charge in [-0.2, -0.15) is 0 Å². The molecule has 0 bridgehead atoms. The molecule has 1 aliphatic heterocycles. The molecule has 2 heterocycles. The fraction of sp³-hybridized carbons (Fsp3) is 0.348. The quantitative estimate of drug-likeness (QED) is 0.629. The van der Waals surface area contributed by atoms with Crippen molar-refractivity contribution in [2.75, 3.05) is 18.4 Å². The van der Waals surface area contributed by atoms with Gasteiger partial charge < -0.3 is 15.2 Å². The smallest absolute Gasteiger partial charge is 0.272 e. The molecule has 1 saturated heterocycles. The largest absolute Gasteiger partial charge is 0.351 e. The van der Waals surface area contributed by atoms with E-state index in [0.717, 1.165) is 49.0 Å². The molecule has 1 amide bonds. The van der Waals surface area contributed by atoms with Crippen molar-refractivity contribution in [2.45, 2.75) is 38.6 Å². The van der Waals surface area contributed by atoms with Crippen LogP contribution >= 0.6 is 0 Å². The number of aromatic nitrogens is 1. The van der Waals surface area contributed by atoms with E-state index >= 15 is 0 Å². The van der Waals surface area contributed by atoms with E-state index in [1.165, 1.54) is 11.6 Å². The number of hydrogen-bond acceptors (Lipinski definition) is 2. The molecule has 2 N–H and O–H groups in total. The summed E-state index contributed by atoms with van der Waals surface area (Å²) >= 11 is 0. The van der Waals surface area contributed by atoms with Gasteiger partial charge in [-0.05, 0) is 81.6 Å². The van der Waals surface area contributed by atoms with Crippen molar-refractivity contribution in [3.8, 4) is 0 Å². The van der Waals surface area contributed by atoms with Crippen molar-refractivity contribution in [3.05, 3.63) is 65.4 Å². The number of anilines is 1. The van der Waals surface area contributed by atoms with E-state index in [-0.39, 0.29) is 11.6 Å². The molecule has 152 valence electrons. The predicted molar refractivity (Wildman–Crippen MR) is 111 cm³/mol. The Morgan fingerprint density at radius 1 is 1.07 bits per heavy atom. The van der Waals surface area contributed by atoms with Gasteiger partial charge in [0.2, 0.25) is 0 Å². The second-order valence-electron chi connectivity index (χ2n) is 8.02. The Morgan fingerprint density at radius 2 is 1.83 bits per heavy atom. The Kier molecular flexibility index (Phi) is 5.37. The molecule has 0 atom stereocenters. The number of benzene rings is 2. The zero-order valence-corrected chi connectivity index (χ0v) is 16.6. The third-order valence-corrected chi connectivity index (χ3v) is 5.80. The van der Waals surface area contributed by atoms with Crippen molar-refractivity contribution < 1.29 is 13.6 Å². The molecule has 0 spiro atoms. The first-order valence-corrected chi connectivity index (χ1v) is 10.0. The first kappa shape index (κ1) is 19.6. The molecule has 0 unspecified atom stereocenters. The number of H-pyrrole nitrogens is 1. The highest BCUT2D eigenvalue weighted by Crippen LogP contribution is 2.31. The van der Waals surface area contributed by atoms with Crippen LogP contribution in [0.15, 0.2) is 42.5 Å². The Bertz CT molecular complexity index is 1040. The number of carbonyl (C=O) groups excluding carboxylic acids is 1. The van der Waals surface area contributed by atoms with Gasteiger partial charge in [0.15, 0.2) is 11.6 Å². The van der Waals surface area contributed by atoms with Gasteiger partial charge in [0, 0.05) is 28.7 Å². The highest BCUT2D eigenvalue weighted by atomic mass is 19.2. The van der Waals surface area contributed by atoms with Gasteiger partial charge >= 0.3 is 0 Å². The molecule has 2 aromatic carbocycles. The van der Waals surface area contributed by atoms with E-state index in [1.54, 1.807) is 6.07 Å². The van der Waals surface area contributed by atoms with Crippen LogP contribution in [0.4, 0.5) is 14.5 Å². The molecule has 1 aromatic heterocycles. The fourth-order valence-electron chi connectivity index (χ4n) is 4.05. The van der Waals surface area contributed by atoms with E-state index in [1.807, 2.05) is 6.07 Å². The van der Waals surface area contributed by atoms with Crippen LogP contribution in [0, 0.1) is 11.6 Å². The standard InChI is InChI=1S/C23H25F2N3O/c1-14(2)28-9-7-15(8-10-28)16-3-6-21-17(11-16)12-22(27-21)23(29)26-18-4-5-19(24)20(25)13-18/h3-6,11-15,27H,7-10H2,1-2H3,(H,26,29). The van der Waals surface area contributed by atoms with Gasteiger partial charge in [0.05, 0.1) is 0 Å². The molecule has 29 heavy (non-hydrogen) atoms. The summed E-state index contributed by atoms with van der Waals surface area (Å²) in [6.45, 7) is 6.68. The maximum Gasteiger partial charge on any atom is 0.272 e. The Hall–Kier alpha value is -2.73. The van der Waals surface area contributed by atoms with Gasteiger partial charge in [0.25, 0.3) is 5.91 Å². The lowest BCUT2D eigenvalue weighted by Crippen LogP contribution is -2.37. The summed E-state index contributed by atoms with van der Waals surface area (Å²) in [7, 11) is 0. The van der Waals surface area contributed by atoms with E-state index in [9.17, 15) is 13.6 Å². The average Bonchev–Trinajstić information content (AvgIpc) is 3.14. The number of likely N-dealkylation sites (tertiary alicyclic amines) is 1. The molecular weight excluding hydrogens is 372 g/mol. The third-order valence-electron chi connectivity index (χ3n) is 5.80. The summed E-state index contributed by atoms with van der Waals surface area (Å²) < 4.78 is 26.4. The molecule has 0 saturated carbocycles. The van der Waals surface area contributed by atoms with Crippen LogP contribution in [0.2, 0.25) is 0 Å². The number of aromatic amines is 1. The van der Waals surface area contributed by atoms with Crippen LogP contribution in [-0.4, -0.2) is 34.9 Å². The summed E-state index contributed by atoms with van der Waals surface area (Å²) in [4.78, 5) is 18.1. The van der Waals surface area contributed by atoms with Crippen molar-refractivity contribution in [1.82, 2.24) is 9.88 Å². The number of hydrogen-bond donors (Lipinski definition) is 2. The first-order valence-electron chi connectivity index (χ1n) is 10.0. The van der Waals surface area contributed by atoms with E-state index in [4.69, 9.17) is 0 Å². The predicted octanol–water partition coefficient (Wildman–Crippen LogP) is 5.29. The molecule has 4 nitrogen and oxygen atoms in total. The van der Waals surface area contributed by atoms with Gasteiger partial charge in [-0.3, -0.25) is 4.79 Å². The minimum atomic E-state index is -0.993. The number of carbonyl (C=O) groups is 1. The van der Waals surface area contributed by atoms with Crippen LogP contribution in [0.1, 0.15) is 48.7 Å². The zero-order chi connectivity index (χ0) is 20.5. The minimum Gasteiger partial charge on any atom is -0.351 e. The second kappa shape index (κ2) is 7.95. The lowest BCUT2D eigenvalue weighted by molar-refractivity contribution is 0.102. The van der Waals surface area contributed by atoms with Crippen molar-refractivity contribution >= 4 is 22.5 Å². The summed E-state index contributed by atoms with van der Waals surface area (Å²) in [6.07, 6.45) is 2.27. The molecular formula is C23H25F2N3O. The third kappa shape index (κ3) is 4.17. The average molecular weight is 397 g/mol. The highest BCUT2D eigenvalue weighted by molar-refractivity contribution is 6.06. The monoisotopic (exact) mass is 397 g/mol. The summed E-state index contributed by atoms with van der Waals surface area (Å²) in [5.41, 5.74) is 2.78. The van der Waals surface area contributed by atoms with Crippen molar-refractivity contribution in [2.24, 2.45) is 0 Å². The van der Waals surface area contributed by atoms with E-state index in [0.29, 0.717) is 17.7 Å². The van der Waals surface area contributed by atoms with E-state index in [2.05, 4.69) is 41.2 Å².